The highest BCUT2D eigenvalue weighted by Crippen LogP contribution is 2.18. The first kappa shape index (κ1) is 44.4. The average molecular weight is 686 g/mol. The number of benzene rings is 2. The van der Waals surface area contributed by atoms with Gasteiger partial charge in [-0.1, -0.05) is 88.4 Å². The summed E-state index contributed by atoms with van der Waals surface area (Å²) in [6.45, 7) is 10.5. The third-order valence-corrected chi connectivity index (χ3v) is 6.97. The van der Waals surface area contributed by atoms with Crippen LogP contribution in [0.15, 0.2) is 60.7 Å². The summed E-state index contributed by atoms with van der Waals surface area (Å²) < 4.78 is 9.37. The van der Waals surface area contributed by atoms with Crippen LogP contribution in [-0.4, -0.2) is 73.0 Å². The summed E-state index contributed by atoms with van der Waals surface area (Å²) >= 11 is 0. The van der Waals surface area contributed by atoms with Gasteiger partial charge in [0.05, 0.1) is 26.2 Å². The molecule has 0 heterocycles. The van der Waals surface area contributed by atoms with Gasteiger partial charge in [-0.2, -0.15) is 0 Å². The zero-order chi connectivity index (χ0) is 37.5. The molecule has 272 valence electrons. The molecular weight excluding hydrogens is 630 g/mol. The quantitative estimate of drug-likeness (QED) is 0.189. The van der Waals surface area contributed by atoms with Crippen molar-refractivity contribution in [2.75, 3.05) is 14.2 Å². The highest BCUT2D eigenvalue weighted by atomic mass is 16.5. The minimum atomic E-state index is -0.973. The number of carbonyl (C=O) groups is 6. The molecule has 0 saturated carbocycles. The summed E-state index contributed by atoms with van der Waals surface area (Å²) in [4.78, 5) is 68.1. The number of methoxy groups -OCH3 is 2. The van der Waals surface area contributed by atoms with E-state index in [1.165, 1.54) is 28.1 Å². The molecule has 4 atom stereocenters. The molecule has 12 heteroatoms. The molecule has 0 aliphatic heterocycles. The number of carbonyl (C=O) groups excluding carboxylic acids is 5. The molecule has 12 nitrogen and oxygen atoms in total. The Kier molecular flexibility index (Phi) is 22.3. The Morgan fingerprint density at radius 1 is 0.673 bits per heavy atom. The van der Waals surface area contributed by atoms with E-state index in [-0.39, 0.29) is 41.8 Å². The number of amides is 2. The summed E-state index contributed by atoms with van der Waals surface area (Å²) in [5, 5.41) is 13.7. The van der Waals surface area contributed by atoms with Gasteiger partial charge in [0.2, 0.25) is 11.8 Å². The third-order valence-electron chi connectivity index (χ3n) is 6.97. The van der Waals surface area contributed by atoms with Crippen molar-refractivity contribution in [1.29, 1.82) is 0 Å². The molecule has 0 aromatic heterocycles. The lowest BCUT2D eigenvalue weighted by Gasteiger charge is -2.21. The van der Waals surface area contributed by atoms with Gasteiger partial charge in [-0.15, -0.1) is 0 Å². The molecule has 2 aromatic carbocycles. The average Bonchev–Trinajstić information content (AvgIpc) is 3.03. The molecule has 2 aromatic rings. The van der Waals surface area contributed by atoms with Crippen molar-refractivity contribution in [2.24, 2.45) is 23.5 Å². The monoisotopic (exact) mass is 685 g/mol. The van der Waals surface area contributed by atoms with Crippen LogP contribution in [0.25, 0.3) is 0 Å². The molecule has 0 bridgehead atoms. The number of hydrogen-bond acceptors (Lipinski definition) is 9. The third kappa shape index (κ3) is 21.1. The second kappa shape index (κ2) is 24.5. The number of Topliss-reactive ketones (excluding diaryl/α,β-unsaturated/α-hetero) is 1. The van der Waals surface area contributed by atoms with Gasteiger partial charge in [-0.25, -0.2) is 4.79 Å². The van der Waals surface area contributed by atoms with Crippen LogP contribution in [0, 0.1) is 17.8 Å². The summed E-state index contributed by atoms with van der Waals surface area (Å²) in [6, 6.07) is 17.3. The van der Waals surface area contributed by atoms with Crippen molar-refractivity contribution in [3.63, 3.8) is 0 Å². The van der Waals surface area contributed by atoms with Crippen LogP contribution in [0.5, 0.6) is 0 Å². The van der Waals surface area contributed by atoms with Crippen molar-refractivity contribution in [3.05, 3.63) is 71.8 Å². The maximum Gasteiger partial charge on any atom is 0.326 e. The molecule has 2 rings (SSSR count). The van der Waals surface area contributed by atoms with E-state index in [2.05, 4.69) is 15.4 Å². The first-order valence-corrected chi connectivity index (χ1v) is 16.3. The summed E-state index contributed by atoms with van der Waals surface area (Å²) in [5.74, 6) is -2.45. The Balaban J connectivity index is 0.000000777. The Hall–Kier alpha value is -4.58. The van der Waals surface area contributed by atoms with Crippen LogP contribution < -0.4 is 16.4 Å². The minimum absolute atomic E-state index is 0.0548. The van der Waals surface area contributed by atoms with Crippen LogP contribution in [0.3, 0.4) is 0 Å². The molecular formula is C37H55N3O9. The standard InChI is InChI=1S/C19H27NO4.C10H13NO2.C8H15NO3/c1-13(2)10-17(20-14(3)21)18(22)12-16(19(23)24-4)11-15-8-6-5-7-9-15;1-13-10(12)9(11)7-8-5-3-2-4-6-8;1-5(2)4-7(8(11)12)9-6(3)10/h5-9,13,16-17H,10-12H2,1-4H3,(H,20,21);2-6,9H,7,11H2,1H3;5,7H,4H2,1-3H3,(H,9,10)(H,11,12)/t16-,17+;9-;7-/m100/s1. The van der Waals surface area contributed by atoms with Gasteiger partial charge < -0.3 is 30.9 Å². The van der Waals surface area contributed by atoms with E-state index in [0.29, 0.717) is 25.7 Å². The van der Waals surface area contributed by atoms with E-state index in [1.807, 2.05) is 88.4 Å². The normalized spacial score (nSPS) is 12.8. The van der Waals surface area contributed by atoms with Gasteiger partial charge >= 0.3 is 17.9 Å². The van der Waals surface area contributed by atoms with E-state index in [9.17, 15) is 28.8 Å². The van der Waals surface area contributed by atoms with Crippen molar-refractivity contribution in [2.45, 2.75) is 91.8 Å². The Morgan fingerprint density at radius 2 is 1.08 bits per heavy atom. The second-order valence-electron chi connectivity index (χ2n) is 12.5. The van der Waals surface area contributed by atoms with Gasteiger partial charge in [0.15, 0.2) is 5.78 Å². The fourth-order valence-corrected chi connectivity index (χ4v) is 4.72. The van der Waals surface area contributed by atoms with Gasteiger partial charge in [0.25, 0.3) is 0 Å². The van der Waals surface area contributed by atoms with Gasteiger partial charge in [-0.3, -0.25) is 24.0 Å². The van der Waals surface area contributed by atoms with Crippen molar-refractivity contribution < 1.29 is 43.3 Å². The molecule has 0 fully saturated rings. The lowest BCUT2D eigenvalue weighted by molar-refractivity contribution is -0.147. The molecule has 49 heavy (non-hydrogen) atoms. The lowest BCUT2D eigenvalue weighted by atomic mass is 9.89. The number of rotatable bonds is 16. The van der Waals surface area contributed by atoms with E-state index >= 15 is 0 Å². The van der Waals surface area contributed by atoms with Crippen LogP contribution in [0.2, 0.25) is 0 Å². The molecule has 5 N–H and O–H groups in total. The van der Waals surface area contributed by atoms with Crippen LogP contribution >= 0.6 is 0 Å². The maximum absolute atomic E-state index is 12.6. The number of carboxylic acid groups (broad SMARTS) is 1. The number of carboxylic acids is 1. The van der Waals surface area contributed by atoms with Crippen molar-refractivity contribution >= 4 is 35.5 Å². The predicted octanol–water partition coefficient (Wildman–Crippen LogP) is 3.88. The smallest absolute Gasteiger partial charge is 0.326 e. The number of esters is 2. The Bertz CT molecular complexity index is 1300. The molecule has 0 aliphatic carbocycles. The maximum atomic E-state index is 12.6. The van der Waals surface area contributed by atoms with Gasteiger partial charge in [0, 0.05) is 20.3 Å². The van der Waals surface area contributed by atoms with E-state index in [1.54, 1.807) is 0 Å². The molecule has 0 aliphatic rings. The minimum Gasteiger partial charge on any atom is -0.480 e. The molecule has 0 spiro atoms. The Morgan fingerprint density at radius 3 is 1.47 bits per heavy atom. The summed E-state index contributed by atoms with van der Waals surface area (Å²) in [5.41, 5.74) is 7.60. The highest BCUT2D eigenvalue weighted by molar-refractivity contribution is 5.91. The number of nitrogens with one attached hydrogen (secondary N) is 2. The number of ether oxygens (including phenoxy) is 2. The number of aliphatic carboxylic acids is 1. The lowest BCUT2D eigenvalue weighted by Crippen LogP contribution is -2.42. The van der Waals surface area contributed by atoms with Gasteiger partial charge in [0.1, 0.15) is 12.1 Å². The topological polar surface area (TPSA) is 191 Å². The highest BCUT2D eigenvalue weighted by Gasteiger charge is 2.28. The summed E-state index contributed by atoms with van der Waals surface area (Å²) in [7, 11) is 2.66. The van der Waals surface area contributed by atoms with Crippen molar-refractivity contribution in [1.82, 2.24) is 10.6 Å². The number of nitrogens with two attached hydrogens (primary N) is 1. The first-order chi connectivity index (χ1) is 23.0. The van der Waals surface area contributed by atoms with E-state index < -0.39 is 36.0 Å². The van der Waals surface area contributed by atoms with Gasteiger partial charge in [-0.05, 0) is 48.6 Å². The van der Waals surface area contributed by atoms with E-state index in [0.717, 1.165) is 11.1 Å². The first-order valence-electron chi connectivity index (χ1n) is 16.3. The fraction of sp³-hybridized carbons (Fsp3) is 0.514. The van der Waals surface area contributed by atoms with Crippen molar-refractivity contribution in [3.8, 4) is 0 Å². The number of hydrogen-bond donors (Lipinski definition) is 4. The van der Waals surface area contributed by atoms with Crippen LogP contribution in [-0.2, 0) is 51.1 Å². The predicted molar refractivity (Wildman–Crippen MR) is 187 cm³/mol. The number of ketones is 1. The molecule has 0 radical (unpaired) electrons. The zero-order valence-corrected chi connectivity index (χ0v) is 30.1. The second-order valence-corrected chi connectivity index (χ2v) is 12.5. The molecule has 0 unspecified atom stereocenters. The SMILES string of the molecule is CC(=O)N[C@@H](CC(C)C)C(=O)O.COC(=O)[C@@H](CC(=O)[C@H](CC(C)C)NC(C)=O)Cc1ccccc1.COC(=O)[C@@H](N)Cc1ccccc1. The molecule has 2 amide bonds. The largest absolute Gasteiger partial charge is 0.480 e. The van der Waals surface area contributed by atoms with E-state index in [4.69, 9.17) is 15.6 Å². The van der Waals surface area contributed by atoms with Crippen LogP contribution in [0.4, 0.5) is 0 Å². The Labute approximate surface area is 290 Å². The zero-order valence-electron chi connectivity index (χ0n) is 30.1. The van der Waals surface area contributed by atoms with Crippen LogP contribution in [0.1, 0.15) is 71.9 Å². The fourth-order valence-electron chi connectivity index (χ4n) is 4.72. The summed E-state index contributed by atoms with van der Waals surface area (Å²) in [6.07, 6.45) is 2.03. The molecule has 0 saturated heterocycles.